The molecule has 0 amide bonds. The lowest BCUT2D eigenvalue weighted by Gasteiger charge is -2.23. The number of aryl methyl sites for hydroxylation is 1. The van der Waals surface area contributed by atoms with Gasteiger partial charge < -0.3 is 9.84 Å². The minimum Gasteiger partial charge on any atom is -0.495 e. The van der Waals surface area contributed by atoms with Gasteiger partial charge in [0.15, 0.2) is 0 Å². The molecule has 15 heavy (non-hydrogen) atoms. The molecule has 0 radical (unpaired) electrons. The highest BCUT2D eigenvalue weighted by Gasteiger charge is 2.24. The van der Waals surface area contributed by atoms with Gasteiger partial charge in [-0.3, -0.25) is 0 Å². The summed E-state index contributed by atoms with van der Waals surface area (Å²) >= 11 is 6.17. The second kappa shape index (κ2) is 4.03. The standard InChI is InChI=1S/C12H17ClO2/c1-7-6-9(12(3,4)14)11(15-5)10(13)8(7)2/h6,14H,1-5H3. The third kappa shape index (κ3) is 2.27. The van der Waals surface area contributed by atoms with E-state index >= 15 is 0 Å². The number of halogens is 1. The largest absolute Gasteiger partial charge is 0.495 e. The number of aliphatic hydroxyl groups is 1. The molecule has 0 aliphatic carbocycles. The van der Waals surface area contributed by atoms with E-state index in [0.717, 1.165) is 16.7 Å². The van der Waals surface area contributed by atoms with E-state index in [9.17, 15) is 5.11 Å². The molecule has 1 N–H and O–H groups in total. The lowest BCUT2D eigenvalue weighted by molar-refractivity contribution is 0.0756. The van der Waals surface area contributed by atoms with Crippen LogP contribution in [0.15, 0.2) is 6.07 Å². The molecule has 0 bridgehead atoms. The molecule has 0 saturated heterocycles. The molecular formula is C12H17ClO2. The van der Waals surface area contributed by atoms with Crippen LogP contribution >= 0.6 is 11.6 Å². The summed E-state index contributed by atoms with van der Waals surface area (Å²) in [5.74, 6) is 0.562. The Morgan fingerprint density at radius 2 is 1.87 bits per heavy atom. The summed E-state index contributed by atoms with van der Waals surface area (Å²) in [5.41, 5.74) is 1.81. The Morgan fingerprint density at radius 1 is 1.33 bits per heavy atom. The molecule has 2 nitrogen and oxygen atoms in total. The van der Waals surface area contributed by atoms with Gasteiger partial charge in [-0.2, -0.15) is 0 Å². The van der Waals surface area contributed by atoms with Crippen molar-refractivity contribution in [2.45, 2.75) is 33.3 Å². The van der Waals surface area contributed by atoms with Crippen LogP contribution in [0.2, 0.25) is 5.02 Å². The number of hydrogen-bond acceptors (Lipinski definition) is 2. The molecule has 1 aromatic rings. The fraction of sp³-hybridized carbons (Fsp3) is 0.500. The number of hydrogen-bond donors (Lipinski definition) is 1. The summed E-state index contributed by atoms with van der Waals surface area (Å²) in [6, 6.07) is 1.92. The van der Waals surface area contributed by atoms with Crippen LogP contribution < -0.4 is 4.74 Å². The predicted molar refractivity (Wildman–Crippen MR) is 62.7 cm³/mol. The summed E-state index contributed by atoms with van der Waals surface area (Å²) in [7, 11) is 1.56. The van der Waals surface area contributed by atoms with Crippen LogP contribution in [0.25, 0.3) is 0 Å². The zero-order chi connectivity index (χ0) is 11.8. The topological polar surface area (TPSA) is 29.5 Å². The van der Waals surface area contributed by atoms with Crippen LogP contribution in [-0.4, -0.2) is 12.2 Å². The van der Waals surface area contributed by atoms with E-state index in [2.05, 4.69) is 0 Å². The van der Waals surface area contributed by atoms with Gasteiger partial charge in [0.05, 0.1) is 17.7 Å². The molecule has 84 valence electrons. The van der Waals surface area contributed by atoms with Crippen molar-refractivity contribution in [2.24, 2.45) is 0 Å². The van der Waals surface area contributed by atoms with Crippen LogP contribution in [0.4, 0.5) is 0 Å². The zero-order valence-corrected chi connectivity index (χ0v) is 10.6. The molecule has 0 aliphatic rings. The average molecular weight is 229 g/mol. The quantitative estimate of drug-likeness (QED) is 0.843. The first-order valence-electron chi connectivity index (χ1n) is 4.85. The van der Waals surface area contributed by atoms with Crippen molar-refractivity contribution in [2.75, 3.05) is 7.11 Å². The third-order valence-electron chi connectivity index (χ3n) is 2.59. The Labute approximate surface area is 95.8 Å². The highest BCUT2D eigenvalue weighted by molar-refractivity contribution is 6.33. The van der Waals surface area contributed by atoms with Gasteiger partial charge in [-0.15, -0.1) is 0 Å². The molecule has 0 fully saturated rings. The highest BCUT2D eigenvalue weighted by Crippen LogP contribution is 2.39. The van der Waals surface area contributed by atoms with Crippen LogP contribution in [0, 0.1) is 13.8 Å². The van der Waals surface area contributed by atoms with Crippen LogP contribution in [0.5, 0.6) is 5.75 Å². The minimum absolute atomic E-state index is 0.562. The van der Waals surface area contributed by atoms with Gasteiger partial charge in [-0.05, 0) is 44.9 Å². The van der Waals surface area contributed by atoms with E-state index in [4.69, 9.17) is 16.3 Å². The zero-order valence-electron chi connectivity index (χ0n) is 9.81. The Morgan fingerprint density at radius 3 is 2.27 bits per heavy atom. The van der Waals surface area contributed by atoms with Crippen molar-refractivity contribution in [1.82, 2.24) is 0 Å². The smallest absolute Gasteiger partial charge is 0.143 e. The first-order chi connectivity index (χ1) is 6.79. The Bertz CT molecular complexity index is 378. The summed E-state index contributed by atoms with van der Waals surface area (Å²) in [6.07, 6.45) is 0. The monoisotopic (exact) mass is 228 g/mol. The van der Waals surface area contributed by atoms with Crippen LogP contribution in [-0.2, 0) is 5.60 Å². The van der Waals surface area contributed by atoms with Crippen molar-refractivity contribution in [1.29, 1.82) is 0 Å². The fourth-order valence-electron chi connectivity index (χ4n) is 1.51. The van der Waals surface area contributed by atoms with Gasteiger partial charge in [-0.25, -0.2) is 0 Å². The lowest BCUT2D eigenvalue weighted by Crippen LogP contribution is -2.17. The Balaban J connectivity index is 3.53. The second-order valence-corrected chi connectivity index (χ2v) is 4.65. The van der Waals surface area contributed by atoms with Gasteiger partial charge >= 0.3 is 0 Å². The first-order valence-corrected chi connectivity index (χ1v) is 5.23. The van der Waals surface area contributed by atoms with Gasteiger partial charge in [0, 0.05) is 5.56 Å². The minimum atomic E-state index is -0.951. The predicted octanol–water partition coefficient (Wildman–Crippen LogP) is 3.19. The fourth-order valence-corrected chi connectivity index (χ4v) is 1.83. The summed E-state index contributed by atoms with van der Waals surface area (Å²) in [5, 5.41) is 10.6. The molecule has 0 spiro atoms. The molecule has 1 rings (SSSR count). The number of rotatable bonds is 2. The molecule has 0 aromatic heterocycles. The maximum absolute atomic E-state index is 10.0. The second-order valence-electron chi connectivity index (χ2n) is 4.27. The van der Waals surface area contributed by atoms with Gasteiger partial charge in [0.1, 0.15) is 5.75 Å². The third-order valence-corrected chi connectivity index (χ3v) is 3.04. The summed E-state index contributed by atoms with van der Waals surface area (Å²) in [4.78, 5) is 0. The van der Waals surface area contributed by atoms with E-state index in [-0.39, 0.29) is 0 Å². The molecule has 0 atom stereocenters. The van der Waals surface area contributed by atoms with Gasteiger partial charge in [0.25, 0.3) is 0 Å². The van der Waals surface area contributed by atoms with E-state index < -0.39 is 5.60 Å². The van der Waals surface area contributed by atoms with E-state index in [0.29, 0.717) is 10.8 Å². The number of benzene rings is 1. The van der Waals surface area contributed by atoms with Crippen molar-refractivity contribution < 1.29 is 9.84 Å². The maximum atomic E-state index is 10.0. The van der Waals surface area contributed by atoms with Crippen molar-refractivity contribution in [3.05, 3.63) is 27.8 Å². The SMILES string of the molecule is COc1c(C(C)(C)O)cc(C)c(C)c1Cl. The molecule has 1 aromatic carbocycles. The normalized spacial score (nSPS) is 11.7. The number of ether oxygens (including phenoxy) is 1. The lowest BCUT2D eigenvalue weighted by atomic mass is 9.93. The molecule has 0 aliphatic heterocycles. The highest BCUT2D eigenvalue weighted by atomic mass is 35.5. The number of methoxy groups -OCH3 is 1. The summed E-state index contributed by atoms with van der Waals surface area (Å²) < 4.78 is 5.25. The summed E-state index contributed by atoms with van der Waals surface area (Å²) in [6.45, 7) is 7.34. The molecule has 0 heterocycles. The van der Waals surface area contributed by atoms with Crippen LogP contribution in [0.1, 0.15) is 30.5 Å². The van der Waals surface area contributed by atoms with Gasteiger partial charge in [0.2, 0.25) is 0 Å². The maximum Gasteiger partial charge on any atom is 0.143 e. The van der Waals surface area contributed by atoms with Gasteiger partial charge in [-0.1, -0.05) is 11.6 Å². The molecule has 3 heteroatoms. The van der Waals surface area contributed by atoms with E-state index in [1.165, 1.54) is 0 Å². The first kappa shape index (κ1) is 12.3. The Hall–Kier alpha value is -0.730. The molecule has 0 unspecified atom stereocenters. The Kier molecular flexibility index (Phi) is 3.31. The van der Waals surface area contributed by atoms with Crippen LogP contribution in [0.3, 0.4) is 0 Å². The average Bonchev–Trinajstić information content (AvgIpc) is 2.12. The van der Waals surface area contributed by atoms with Crippen molar-refractivity contribution in [3.63, 3.8) is 0 Å². The van der Waals surface area contributed by atoms with Crippen molar-refractivity contribution in [3.8, 4) is 5.75 Å². The van der Waals surface area contributed by atoms with Crippen molar-refractivity contribution >= 4 is 11.6 Å². The van der Waals surface area contributed by atoms with E-state index in [1.807, 2.05) is 19.9 Å². The molecular weight excluding hydrogens is 212 g/mol. The molecule has 0 saturated carbocycles. The van der Waals surface area contributed by atoms with E-state index in [1.54, 1.807) is 21.0 Å².